The number of urea groups is 1. The molecule has 0 saturated carbocycles. The molecular weight excluding hydrogens is 705 g/mol. The number of nitrogens with one attached hydrogen (secondary N) is 1. The lowest BCUT2D eigenvalue weighted by Crippen LogP contribution is -2.53. The summed E-state index contributed by atoms with van der Waals surface area (Å²) in [5.74, 6) is -0.888. The van der Waals surface area contributed by atoms with E-state index in [1.54, 1.807) is 21.9 Å². The summed E-state index contributed by atoms with van der Waals surface area (Å²) in [5, 5.41) is 22.4. The number of hydrogen-bond donors (Lipinski definition) is 3. The number of anilines is 1. The molecule has 4 aliphatic heterocycles. The van der Waals surface area contributed by atoms with Gasteiger partial charge in [-0.2, -0.15) is 0 Å². The molecule has 0 bridgehead atoms. The van der Waals surface area contributed by atoms with Crippen LogP contribution < -0.4 is 10.8 Å². The number of carboxylic acids is 1. The fourth-order valence-electron chi connectivity index (χ4n) is 7.91. The lowest BCUT2D eigenvalue weighted by molar-refractivity contribution is -0.142. The summed E-state index contributed by atoms with van der Waals surface area (Å²) in [7, 11) is 6.01. The Balaban J connectivity index is 1.06. The maximum Gasteiger partial charge on any atom is 0.410 e. The number of phenolic OH excluding ortho intramolecular Hbond substituents is 1. The van der Waals surface area contributed by atoms with Crippen molar-refractivity contribution < 1.29 is 34.1 Å². The molecule has 2 radical (unpaired) electrons. The number of para-hydroxylation sites is 1. The summed E-state index contributed by atoms with van der Waals surface area (Å²) in [6.07, 6.45) is 3.90. The topological polar surface area (TPSA) is 143 Å². The van der Waals surface area contributed by atoms with E-state index in [1.165, 1.54) is 0 Å². The fourth-order valence-corrected chi connectivity index (χ4v) is 8.43. The molecule has 4 aliphatic rings. The van der Waals surface area contributed by atoms with Gasteiger partial charge in [-0.05, 0) is 103 Å². The molecule has 2 aromatic rings. The van der Waals surface area contributed by atoms with Crippen LogP contribution in [0.5, 0.6) is 5.75 Å². The summed E-state index contributed by atoms with van der Waals surface area (Å²) in [5.41, 5.74) is 2.73. The predicted molar refractivity (Wildman–Crippen MR) is 192 cm³/mol. The molecule has 3 N–H and O–H groups in total. The number of likely N-dealkylation sites (tertiary alicyclic amines) is 3. The van der Waals surface area contributed by atoms with Crippen molar-refractivity contribution in [2.75, 3.05) is 51.1 Å². The first kappa shape index (κ1) is 36.0. The summed E-state index contributed by atoms with van der Waals surface area (Å²) in [6, 6.07) is 11.2. The summed E-state index contributed by atoms with van der Waals surface area (Å²) in [4.78, 5) is 59.5. The van der Waals surface area contributed by atoms with E-state index in [1.807, 2.05) is 29.2 Å². The second-order valence-electron chi connectivity index (χ2n) is 14.0. The monoisotopic (exact) mass is 749 g/mol. The highest BCUT2D eigenvalue weighted by molar-refractivity contribution is 9.10. The first-order chi connectivity index (χ1) is 24.0. The smallest absolute Gasteiger partial charge is 0.410 e. The van der Waals surface area contributed by atoms with Gasteiger partial charge in [0, 0.05) is 63.3 Å². The SMILES string of the molecule is [B]c1cc(C[C@@H](OC(=O)N2CCC(N3CCc4ccccc4NC3=O)CC2)C(=O)N2CCC(N3CCC(CC(=O)O)CC3)CC2)cc(Br)c1O. The van der Waals surface area contributed by atoms with Crippen LogP contribution in [-0.2, 0) is 27.2 Å². The van der Waals surface area contributed by atoms with Crippen molar-refractivity contribution in [3.05, 3.63) is 52.0 Å². The number of benzene rings is 2. The highest BCUT2D eigenvalue weighted by atomic mass is 79.9. The Bertz CT molecular complexity index is 1550. The van der Waals surface area contributed by atoms with Crippen molar-refractivity contribution in [2.45, 2.75) is 76.0 Å². The van der Waals surface area contributed by atoms with Crippen molar-refractivity contribution in [1.82, 2.24) is 19.6 Å². The van der Waals surface area contributed by atoms with Crippen molar-refractivity contribution in [3.63, 3.8) is 0 Å². The maximum absolute atomic E-state index is 14.0. The first-order valence-corrected chi connectivity index (χ1v) is 18.5. The molecule has 0 spiro atoms. The molecule has 14 heteroatoms. The maximum atomic E-state index is 14.0. The molecule has 3 fully saturated rings. The van der Waals surface area contributed by atoms with E-state index in [4.69, 9.17) is 17.7 Å². The molecule has 0 unspecified atom stereocenters. The van der Waals surface area contributed by atoms with Crippen molar-refractivity contribution in [3.8, 4) is 5.75 Å². The molecular formula is C36H45BBrN5O7. The summed E-state index contributed by atoms with van der Waals surface area (Å²) in [6.45, 7) is 4.17. The van der Waals surface area contributed by atoms with E-state index >= 15 is 0 Å². The van der Waals surface area contributed by atoms with Crippen LogP contribution >= 0.6 is 15.9 Å². The van der Waals surface area contributed by atoms with Gasteiger partial charge in [-0.25, -0.2) is 9.59 Å². The highest BCUT2D eigenvalue weighted by Crippen LogP contribution is 2.29. The minimum Gasteiger partial charge on any atom is -0.507 e. The summed E-state index contributed by atoms with van der Waals surface area (Å²) >= 11 is 3.32. The number of phenols is 1. The molecule has 2 aromatic carbocycles. The van der Waals surface area contributed by atoms with E-state index in [-0.39, 0.29) is 48.0 Å². The lowest BCUT2D eigenvalue weighted by Gasteiger charge is -2.42. The number of ether oxygens (including phenoxy) is 1. The Morgan fingerprint density at radius 2 is 1.58 bits per heavy atom. The molecule has 266 valence electrons. The Morgan fingerprint density at radius 3 is 2.26 bits per heavy atom. The Morgan fingerprint density at radius 1 is 0.920 bits per heavy atom. The molecule has 12 nitrogen and oxygen atoms in total. The number of fused-ring (bicyclic) bond motifs is 1. The van der Waals surface area contributed by atoms with Gasteiger partial charge in [-0.3, -0.25) is 9.59 Å². The van der Waals surface area contributed by atoms with E-state index in [0.717, 1.165) is 56.4 Å². The number of carbonyl (C=O) groups excluding carboxylic acids is 3. The third-order valence-electron chi connectivity index (χ3n) is 10.8. The average molecular weight is 751 g/mol. The second-order valence-corrected chi connectivity index (χ2v) is 14.8. The number of carboxylic acid groups (broad SMARTS) is 1. The van der Waals surface area contributed by atoms with Crippen molar-refractivity contribution >= 4 is 58.9 Å². The van der Waals surface area contributed by atoms with Gasteiger partial charge in [0.05, 0.1) is 4.47 Å². The average Bonchev–Trinajstić information content (AvgIpc) is 3.28. The van der Waals surface area contributed by atoms with Crippen LogP contribution in [0.1, 0.15) is 56.1 Å². The van der Waals surface area contributed by atoms with Crippen LogP contribution in [0, 0.1) is 5.92 Å². The number of aliphatic carboxylic acids is 1. The van der Waals surface area contributed by atoms with Crippen molar-refractivity contribution in [2.24, 2.45) is 5.92 Å². The largest absolute Gasteiger partial charge is 0.507 e. The lowest BCUT2D eigenvalue weighted by atomic mass is 9.91. The summed E-state index contributed by atoms with van der Waals surface area (Å²) < 4.78 is 6.39. The van der Waals surface area contributed by atoms with Gasteiger partial charge in [-0.15, -0.1) is 0 Å². The van der Waals surface area contributed by atoms with Gasteiger partial charge < -0.3 is 39.9 Å². The molecule has 0 aliphatic carbocycles. The highest BCUT2D eigenvalue weighted by Gasteiger charge is 2.37. The number of piperidine rings is 3. The molecule has 6 rings (SSSR count). The Labute approximate surface area is 302 Å². The zero-order chi connectivity index (χ0) is 35.4. The van der Waals surface area contributed by atoms with Crippen LogP contribution in [0.3, 0.4) is 0 Å². The molecule has 4 heterocycles. The first-order valence-electron chi connectivity index (χ1n) is 17.7. The van der Waals surface area contributed by atoms with Crippen LogP contribution in [0.15, 0.2) is 40.9 Å². The standard InChI is InChI=1S/C36H45BBrN5O7/c37-28-19-24(20-29(38)33(28)46)21-31(34(47)41-14-8-26(9-15-41)40-12-5-23(6-13-40)22-32(44)45)50-36(49)42-16-10-27(11-17-42)43-18-7-25-3-1-2-4-30(25)39-35(43)48/h1-4,19-20,23,26-27,31,46H,5-18,21-22H2,(H,39,48)(H,44,45)/t31-/m1/s1. The number of carbonyl (C=O) groups is 4. The Kier molecular flexibility index (Phi) is 11.6. The molecule has 4 amide bonds. The van der Waals surface area contributed by atoms with Gasteiger partial charge >= 0.3 is 18.1 Å². The van der Waals surface area contributed by atoms with Gasteiger partial charge in [-0.1, -0.05) is 29.7 Å². The van der Waals surface area contributed by atoms with Gasteiger partial charge in [0.2, 0.25) is 0 Å². The molecule has 3 saturated heterocycles. The second kappa shape index (κ2) is 16.1. The van der Waals surface area contributed by atoms with Crippen LogP contribution in [0.25, 0.3) is 0 Å². The van der Waals surface area contributed by atoms with Crippen molar-refractivity contribution in [1.29, 1.82) is 0 Å². The predicted octanol–water partition coefficient (Wildman–Crippen LogP) is 3.73. The number of hydrogen-bond acceptors (Lipinski definition) is 7. The minimum absolute atomic E-state index is 0.0210. The third-order valence-corrected chi connectivity index (χ3v) is 11.4. The molecule has 0 aromatic heterocycles. The Hall–Kier alpha value is -3.78. The van der Waals surface area contributed by atoms with Crippen LogP contribution in [0.2, 0.25) is 0 Å². The van der Waals surface area contributed by atoms with E-state index in [9.17, 15) is 24.3 Å². The fraction of sp³-hybridized carbons (Fsp3) is 0.556. The minimum atomic E-state index is -1.09. The number of halogens is 1. The quantitative estimate of drug-likeness (QED) is 0.347. The van der Waals surface area contributed by atoms with E-state index in [2.05, 4.69) is 26.1 Å². The zero-order valence-electron chi connectivity index (χ0n) is 28.3. The van der Waals surface area contributed by atoms with Crippen LogP contribution in [0.4, 0.5) is 15.3 Å². The van der Waals surface area contributed by atoms with E-state index in [0.29, 0.717) is 61.6 Å². The normalized spacial score (nSPS) is 20.5. The van der Waals surface area contributed by atoms with Gasteiger partial charge in [0.15, 0.2) is 6.10 Å². The van der Waals surface area contributed by atoms with Crippen LogP contribution in [-0.4, -0.2) is 126 Å². The number of amides is 4. The van der Waals surface area contributed by atoms with Gasteiger partial charge in [0.1, 0.15) is 13.6 Å². The molecule has 1 atom stereocenters. The van der Waals surface area contributed by atoms with Gasteiger partial charge in [0.25, 0.3) is 5.91 Å². The number of aromatic hydroxyl groups is 1. The van der Waals surface area contributed by atoms with E-state index < -0.39 is 18.2 Å². The molecule has 50 heavy (non-hydrogen) atoms. The number of rotatable bonds is 8. The third kappa shape index (κ3) is 8.56. The number of nitrogens with zero attached hydrogens (tertiary/aromatic N) is 4. The zero-order valence-corrected chi connectivity index (χ0v) is 29.9.